The van der Waals surface area contributed by atoms with Crippen LogP contribution in [0.3, 0.4) is 0 Å². The Hall–Kier alpha value is -1.66. The van der Waals surface area contributed by atoms with Crippen molar-refractivity contribution in [1.29, 1.82) is 0 Å². The molecule has 0 saturated heterocycles. The molecule has 0 fully saturated rings. The number of carbonyl (C=O) groups is 2. The van der Waals surface area contributed by atoms with Gasteiger partial charge in [-0.25, -0.2) is 4.79 Å². The smallest absolute Gasteiger partial charge is 0.408 e. The predicted molar refractivity (Wildman–Crippen MR) is 64.2 cm³/mol. The monoisotopic (exact) mass is 255 g/mol. The van der Waals surface area contributed by atoms with Crippen LogP contribution < -0.4 is 5.32 Å². The molecule has 6 heteroatoms. The lowest BCUT2D eigenvalue weighted by atomic mass is 10.2. The number of rotatable bonds is 6. The number of alkyl carbamates (subject to hydrolysis) is 1. The molecular formula is C11H13NO4S. The number of ether oxygens (including phenoxy) is 1. The summed E-state index contributed by atoms with van der Waals surface area (Å²) < 4.78 is 4.73. The van der Waals surface area contributed by atoms with Gasteiger partial charge in [-0.05, 0) is 12.1 Å². The van der Waals surface area contributed by atoms with Gasteiger partial charge < -0.3 is 15.2 Å². The molecule has 0 saturated carbocycles. The fraction of sp³-hybridized carbons (Fsp3) is 0.273. The van der Waals surface area contributed by atoms with Crippen LogP contribution >= 0.6 is 11.3 Å². The first-order valence-corrected chi connectivity index (χ1v) is 5.73. The zero-order valence-corrected chi connectivity index (χ0v) is 9.90. The third-order valence-electron chi connectivity index (χ3n) is 1.91. The minimum absolute atomic E-state index is 0.105. The van der Waals surface area contributed by atoms with Gasteiger partial charge in [-0.1, -0.05) is 12.7 Å². The average Bonchev–Trinajstić information content (AvgIpc) is 2.82. The Labute approximate surface area is 103 Å². The minimum atomic E-state index is -0.634. The van der Waals surface area contributed by atoms with Gasteiger partial charge >= 0.3 is 6.09 Å². The van der Waals surface area contributed by atoms with Crippen LogP contribution in [-0.4, -0.2) is 30.7 Å². The summed E-state index contributed by atoms with van der Waals surface area (Å²) in [5.41, 5.74) is 0. The Morgan fingerprint density at radius 3 is 2.94 bits per heavy atom. The molecule has 1 aromatic rings. The van der Waals surface area contributed by atoms with Crippen molar-refractivity contribution in [3.05, 3.63) is 34.5 Å². The maximum atomic E-state index is 11.3. The summed E-state index contributed by atoms with van der Waals surface area (Å²) in [6.45, 7) is 3.26. The highest BCUT2D eigenvalue weighted by Crippen LogP contribution is 2.22. The van der Waals surface area contributed by atoms with E-state index in [-0.39, 0.29) is 13.2 Å². The van der Waals surface area contributed by atoms with Crippen molar-refractivity contribution in [3.63, 3.8) is 0 Å². The Kier molecular flexibility index (Phi) is 5.38. The van der Waals surface area contributed by atoms with E-state index in [0.29, 0.717) is 9.75 Å². The third kappa shape index (κ3) is 4.01. The van der Waals surface area contributed by atoms with Crippen molar-refractivity contribution in [2.75, 3.05) is 13.2 Å². The lowest BCUT2D eigenvalue weighted by Gasteiger charge is -2.14. The number of aliphatic hydroxyl groups is 1. The molecule has 2 N–H and O–H groups in total. The van der Waals surface area contributed by atoms with Crippen molar-refractivity contribution in [2.45, 2.75) is 6.04 Å². The van der Waals surface area contributed by atoms with Crippen LogP contribution in [0.1, 0.15) is 20.6 Å². The maximum absolute atomic E-state index is 11.3. The van der Waals surface area contributed by atoms with Gasteiger partial charge in [-0.2, -0.15) is 0 Å². The van der Waals surface area contributed by atoms with E-state index < -0.39 is 12.1 Å². The molecular weight excluding hydrogens is 242 g/mol. The summed E-state index contributed by atoms with van der Waals surface area (Å²) in [4.78, 5) is 23.0. The lowest BCUT2D eigenvalue weighted by Crippen LogP contribution is -2.30. The molecule has 92 valence electrons. The van der Waals surface area contributed by atoms with Crippen molar-refractivity contribution >= 4 is 23.7 Å². The van der Waals surface area contributed by atoms with Crippen LogP contribution in [0.25, 0.3) is 0 Å². The zero-order valence-electron chi connectivity index (χ0n) is 9.09. The van der Waals surface area contributed by atoms with Gasteiger partial charge in [0.25, 0.3) is 0 Å². The summed E-state index contributed by atoms with van der Waals surface area (Å²) >= 11 is 1.21. The molecule has 1 heterocycles. The van der Waals surface area contributed by atoms with Crippen LogP contribution in [0.4, 0.5) is 4.79 Å². The molecule has 1 rings (SSSR count). The molecule has 0 spiro atoms. The van der Waals surface area contributed by atoms with E-state index in [0.717, 1.165) is 6.29 Å². The Morgan fingerprint density at radius 2 is 2.41 bits per heavy atom. The highest BCUT2D eigenvalue weighted by molar-refractivity contribution is 7.13. The van der Waals surface area contributed by atoms with E-state index in [1.165, 1.54) is 17.4 Å². The van der Waals surface area contributed by atoms with Crippen LogP contribution in [0, 0.1) is 0 Å². The Morgan fingerprint density at radius 1 is 1.65 bits per heavy atom. The van der Waals surface area contributed by atoms with Gasteiger partial charge in [0, 0.05) is 4.88 Å². The molecule has 1 amide bonds. The molecule has 0 aliphatic rings. The molecule has 0 unspecified atom stereocenters. The number of aliphatic hydroxyl groups excluding tert-OH is 1. The van der Waals surface area contributed by atoms with Gasteiger partial charge in [0.1, 0.15) is 6.61 Å². The molecule has 1 aromatic heterocycles. The molecule has 5 nitrogen and oxygen atoms in total. The molecule has 0 radical (unpaired) electrons. The first-order valence-electron chi connectivity index (χ1n) is 4.91. The van der Waals surface area contributed by atoms with Crippen molar-refractivity contribution in [2.24, 2.45) is 0 Å². The van der Waals surface area contributed by atoms with Gasteiger partial charge in [-0.3, -0.25) is 4.79 Å². The van der Waals surface area contributed by atoms with Crippen LogP contribution in [0.15, 0.2) is 24.8 Å². The molecule has 17 heavy (non-hydrogen) atoms. The Balaban J connectivity index is 2.61. The first kappa shape index (κ1) is 13.4. The number of hydrogen-bond donors (Lipinski definition) is 2. The topological polar surface area (TPSA) is 75.6 Å². The van der Waals surface area contributed by atoms with Gasteiger partial charge in [0.15, 0.2) is 6.29 Å². The van der Waals surface area contributed by atoms with Crippen molar-refractivity contribution < 1.29 is 19.4 Å². The van der Waals surface area contributed by atoms with E-state index in [1.54, 1.807) is 12.1 Å². The second-order valence-corrected chi connectivity index (χ2v) is 4.27. The number of aldehydes is 1. The van der Waals surface area contributed by atoms with Gasteiger partial charge in [0.05, 0.1) is 17.5 Å². The minimum Gasteiger partial charge on any atom is -0.445 e. The fourth-order valence-corrected chi connectivity index (χ4v) is 2.01. The molecule has 0 aliphatic heterocycles. The van der Waals surface area contributed by atoms with Crippen molar-refractivity contribution in [1.82, 2.24) is 5.32 Å². The molecule has 0 aliphatic carbocycles. The van der Waals surface area contributed by atoms with E-state index in [4.69, 9.17) is 9.84 Å². The number of amides is 1. The number of hydrogen-bond acceptors (Lipinski definition) is 5. The summed E-state index contributed by atoms with van der Waals surface area (Å²) in [6.07, 6.45) is 1.53. The second-order valence-electron chi connectivity index (χ2n) is 3.12. The van der Waals surface area contributed by atoms with Crippen LogP contribution in [-0.2, 0) is 4.74 Å². The molecule has 1 atom stereocenters. The normalized spacial score (nSPS) is 11.6. The SMILES string of the molecule is C=CCOC(=O)N[C@H](CO)c1ccc(C=O)s1. The maximum Gasteiger partial charge on any atom is 0.408 e. The Bertz CT molecular complexity index is 402. The lowest BCUT2D eigenvalue weighted by molar-refractivity contribution is 0.112. The quantitative estimate of drug-likeness (QED) is 0.596. The largest absolute Gasteiger partial charge is 0.445 e. The van der Waals surface area contributed by atoms with Gasteiger partial charge in [0.2, 0.25) is 0 Å². The van der Waals surface area contributed by atoms with E-state index in [1.807, 2.05) is 0 Å². The van der Waals surface area contributed by atoms with Crippen LogP contribution in [0.5, 0.6) is 0 Å². The van der Waals surface area contributed by atoms with E-state index in [2.05, 4.69) is 11.9 Å². The van der Waals surface area contributed by atoms with E-state index in [9.17, 15) is 9.59 Å². The second kappa shape index (κ2) is 6.82. The number of thiophene rings is 1. The zero-order chi connectivity index (χ0) is 12.7. The first-order chi connectivity index (χ1) is 8.21. The fourth-order valence-electron chi connectivity index (χ4n) is 1.14. The van der Waals surface area contributed by atoms with Crippen molar-refractivity contribution in [3.8, 4) is 0 Å². The summed E-state index contributed by atoms with van der Waals surface area (Å²) in [6, 6.07) is 2.75. The third-order valence-corrected chi connectivity index (χ3v) is 3.04. The average molecular weight is 255 g/mol. The molecule has 0 aromatic carbocycles. The van der Waals surface area contributed by atoms with Crippen LogP contribution in [0.2, 0.25) is 0 Å². The summed E-state index contributed by atoms with van der Waals surface area (Å²) in [5.74, 6) is 0. The highest BCUT2D eigenvalue weighted by atomic mass is 32.1. The molecule has 0 bridgehead atoms. The number of nitrogens with one attached hydrogen (secondary N) is 1. The highest BCUT2D eigenvalue weighted by Gasteiger charge is 2.16. The summed E-state index contributed by atoms with van der Waals surface area (Å²) in [5, 5.41) is 11.7. The summed E-state index contributed by atoms with van der Waals surface area (Å²) in [7, 11) is 0. The standard InChI is InChI=1S/C11H13NO4S/c1-2-5-16-11(15)12-9(7-14)10-4-3-8(6-13)17-10/h2-4,6,9,14H,1,5,7H2,(H,12,15)/t9-/m1/s1. The van der Waals surface area contributed by atoms with Gasteiger partial charge in [-0.15, -0.1) is 11.3 Å². The van der Waals surface area contributed by atoms with E-state index >= 15 is 0 Å². The predicted octanol–water partition coefficient (Wildman–Crippen LogP) is 1.51. The number of carbonyl (C=O) groups excluding carboxylic acids is 2.